The van der Waals surface area contributed by atoms with Crippen LogP contribution < -0.4 is 10.6 Å². The van der Waals surface area contributed by atoms with Crippen LogP contribution in [0, 0.1) is 23.2 Å². The molecule has 0 amide bonds. The topological polar surface area (TPSA) is 24.1 Å². The van der Waals surface area contributed by atoms with Crippen molar-refractivity contribution in [2.45, 2.75) is 64.8 Å². The van der Waals surface area contributed by atoms with E-state index in [4.69, 9.17) is 12.2 Å². The van der Waals surface area contributed by atoms with Gasteiger partial charge in [0.25, 0.3) is 0 Å². The largest absolute Gasteiger partial charge is 0.359 e. The Morgan fingerprint density at radius 2 is 1.62 bits per heavy atom. The molecule has 4 aliphatic carbocycles. The molecule has 1 unspecified atom stereocenters. The second kappa shape index (κ2) is 6.33. The Morgan fingerprint density at radius 1 is 1.08 bits per heavy atom. The van der Waals surface area contributed by atoms with E-state index in [2.05, 4.69) is 48.7 Å². The highest BCUT2D eigenvalue weighted by Crippen LogP contribution is 2.61. The van der Waals surface area contributed by atoms with E-state index in [1.165, 1.54) is 44.1 Å². The van der Waals surface area contributed by atoms with Gasteiger partial charge in [-0.25, -0.2) is 0 Å². The second-order valence-corrected chi connectivity index (χ2v) is 9.06. The molecular weight excluding hydrogens is 312 g/mol. The average Bonchev–Trinajstić information content (AvgIpc) is 2.54. The maximum Gasteiger partial charge on any atom is 0.171 e. The quantitative estimate of drug-likeness (QED) is 0.741. The predicted molar refractivity (Wildman–Crippen MR) is 105 cm³/mol. The summed E-state index contributed by atoms with van der Waals surface area (Å²) in [6, 6.07) is 9.08. The number of thiocarbonyl (C=S) groups is 1. The highest BCUT2D eigenvalue weighted by Gasteiger charge is 2.53. The second-order valence-electron chi connectivity index (χ2n) is 8.65. The van der Waals surface area contributed by atoms with Crippen molar-refractivity contribution >= 4 is 23.0 Å². The lowest BCUT2D eigenvalue weighted by Gasteiger charge is -2.59. The van der Waals surface area contributed by atoms with Gasteiger partial charge < -0.3 is 10.6 Å². The van der Waals surface area contributed by atoms with Crippen LogP contribution >= 0.6 is 12.2 Å². The molecule has 1 aromatic rings. The number of anilines is 1. The fourth-order valence-corrected chi connectivity index (χ4v) is 6.34. The molecule has 5 rings (SSSR count). The summed E-state index contributed by atoms with van der Waals surface area (Å²) in [4.78, 5) is 0. The van der Waals surface area contributed by atoms with Crippen LogP contribution in [0.1, 0.15) is 57.9 Å². The summed E-state index contributed by atoms with van der Waals surface area (Å²) >= 11 is 5.61. The van der Waals surface area contributed by atoms with Crippen molar-refractivity contribution in [1.82, 2.24) is 5.32 Å². The highest BCUT2D eigenvalue weighted by atomic mass is 32.1. The first-order chi connectivity index (χ1) is 11.6. The molecule has 4 aliphatic rings. The normalized spacial score (nSPS) is 34.8. The molecule has 1 aromatic carbocycles. The first kappa shape index (κ1) is 16.4. The minimum absolute atomic E-state index is 0.473. The van der Waals surface area contributed by atoms with E-state index >= 15 is 0 Å². The third kappa shape index (κ3) is 3.08. The number of nitrogens with one attached hydrogen (secondary N) is 2. The van der Waals surface area contributed by atoms with Crippen LogP contribution in [0.15, 0.2) is 24.3 Å². The zero-order chi connectivity index (χ0) is 16.7. The maximum atomic E-state index is 5.61. The zero-order valence-electron chi connectivity index (χ0n) is 15.0. The van der Waals surface area contributed by atoms with Crippen LogP contribution in [-0.4, -0.2) is 11.2 Å². The van der Waals surface area contributed by atoms with Crippen molar-refractivity contribution in [3.05, 3.63) is 29.8 Å². The summed E-state index contributed by atoms with van der Waals surface area (Å²) in [6.45, 7) is 4.54. The molecule has 3 heteroatoms. The fraction of sp³-hybridized carbons (Fsp3) is 0.667. The first-order valence-electron chi connectivity index (χ1n) is 9.73. The van der Waals surface area contributed by atoms with Crippen LogP contribution in [-0.2, 0) is 6.42 Å². The Balaban J connectivity index is 1.38. The molecule has 1 atom stereocenters. The molecule has 0 heterocycles. The molecular formula is C21H30N2S. The Hall–Kier alpha value is -1.09. The number of hydrogen-bond acceptors (Lipinski definition) is 1. The smallest absolute Gasteiger partial charge is 0.171 e. The molecule has 0 spiro atoms. The van der Waals surface area contributed by atoms with Gasteiger partial charge in [0.1, 0.15) is 0 Å². The van der Waals surface area contributed by atoms with Crippen LogP contribution in [0.25, 0.3) is 0 Å². The van der Waals surface area contributed by atoms with Gasteiger partial charge in [0.2, 0.25) is 0 Å². The van der Waals surface area contributed by atoms with Gasteiger partial charge in [0.05, 0.1) is 0 Å². The van der Waals surface area contributed by atoms with Crippen molar-refractivity contribution in [2.75, 3.05) is 5.32 Å². The van der Waals surface area contributed by atoms with Gasteiger partial charge >= 0.3 is 0 Å². The number of benzene rings is 1. The molecule has 0 aromatic heterocycles. The van der Waals surface area contributed by atoms with Crippen LogP contribution in [0.5, 0.6) is 0 Å². The third-order valence-corrected chi connectivity index (χ3v) is 7.19. The Kier molecular flexibility index (Phi) is 4.32. The standard InChI is InChI=1S/C21H30N2S/c1-3-15-4-6-19(7-5-15)23-20(24)22-14(2)21-11-16-8-17(12-21)10-18(9-16)13-21/h4-7,14,16-18H,3,8-13H2,1-2H3,(H2,22,23,24). The molecule has 4 bridgehead atoms. The molecule has 4 saturated carbocycles. The molecule has 24 heavy (non-hydrogen) atoms. The van der Waals surface area contributed by atoms with E-state index in [1.807, 2.05) is 0 Å². The summed E-state index contributed by atoms with van der Waals surface area (Å²) in [5, 5.41) is 7.79. The molecule has 0 saturated heterocycles. The van der Waals surface area contributed by atoms with Crippen LogP contribution in [0.3, 0.4) is 0 Å². The number of rotatable bonds is 4. The van der Waals surface area contributed by atoms with Gasteiger partial charge in [-0.1, -0.05) is 19.1 Å². The van der Waals surface area contributed by atoms with Crippen molar-refractivity contribution < 1.29 is 0 Å². The van der Waals surface area contributed by atoms with E-state index in [9.17, 15) is 0 Å². The molecule has 2 N–H and O–H groups in total. The van der Waals surface area contributed by atoms with Gasteiger partial charge in [0, 0.05) is 11.7 Å². The van der Waals surface area contributed by atoms with Crippen LogP contribution in [0.4, 0.5) is 5.69 Å². The molecule has 2 nitrogen and oxygen atoms in total. The monoisotopic (exact) mass is 342 g/mol. The van der Waals surface area contributed by atoms with Crippen molar-refractivity contribution in [3.63, 3.8) is 0 Å². The molecule has 0 radical (unpaired) electrons. The van der Waals surface area contributed by atoms with Crippen molar-refractivity contribution in [2.24, 2.45) is 23.2 Å². The summed E-state index contributed by atoms with van der Waals surface area (Å²) in [5.41, 5.74) is 2.94. The predicted octanol–water partition coefficient (Wildman–Crippen LogP) is 5.14. The molecule has 4 fully saturated rings. The Labute approximate surface area is 151 Å². The van der Waals surface area contributed by atoms with E-state index in [1.54, 1.807) is 0 Å². The van der Waals surface area contributed by atoms with Gasteiger partial charge in [0.15, 0.2) is 5.11 Å². The van der Waals surface area contributed by atoms with Gasteiger partial charge in [-0.15, -0.1) is 0 Å². The van der Waals surface area contributed by atoms with Crippen LogP contribution in [0.2, 0.25) is 0 Å². The van der Waals surface area contributed by atoms with E-state index in [0.29, 0.717) is 11.5 Å². The van der Waals surface area contributed by atoms with E-state index < -0.39 is 0 Å². The lowest BCUT2D eigenvalue weighted by Crippen LogP contribution is -2.56. The number of hydrogen-bond donors (Lipinski definition) is 2. The third-order valence-electron chi connectivity index (χ3n) is 6.97. The zero-order valence-corrected chi connectivity index (χ0v) is 15.8. The summed E-state index contributed by atoms with van der Waals surface area (Å²) in [7, 11) is 0. The molecule has 0 aliphatic heterocycles. The highest BCUT2D eigenvalue weighted by molar-refractivity contribution is 7.80. The average molecular weight is 343 g/mol. The van der Waals surface area contributed by atoms with Crippen molar-refractivity contribution in [1.29, 1.82) is 0 Å². The SMILES string of the molecule is CCc1ccc(NC(=S)NC(C)C23CC4CC(CC(C4)C2)C3)cc1. The van der Waals surface area contributed by atoms with Crippen molar-refractivity contribution in [3.8, 4) is 0 Å². The van der Waals surface area contributed by atoms with E-state index in [-0.39, 0.29) is 0 Å². The fourth-order valence-electron chi connectivity index (χ4n) is 6.05. The molecule has 130 valence electrons. The van der Waals surface area contributed by atoms with Gasteiger partial charge in [-0.3, -0.25) is 0 Å². The first-order valence-corrected chi connectivity index (χ1v) is 10.1. The lowest BCUT2D eigenvalue weighted by atomic mass is 9.48. The van der Waals surface area contributed by atoms with Gasteiger partial charge in [-0.2, -0.15) is 0 Å². The minimum atomic E-state index is 0.473. The van der Waals surface area contributed by atoms with Gasteiger partial charge in [-0.05, 0) is 105 Å². The van der Waals surface area contributed by atoms with E-state index in [0.717, 1.165) is 35.0 Å². The Bertz CT molecular complexity index is 571. The number of aryl methyl sites for hydroxylation is 1. The summed E-state index contributed by atoms with van der Waals surface area (Å²) in [6.07, 6.45) is 9.82. The Morgan fingerprint density at radius 3 is 2.12 bits per heavy atom. The lowest BCUT2D eigenvalue weighted by molar-refractivity contribution is -0.0671. The maximum absolute atomic E-state index is 5.61. The summed E-state index contributed by atoms with van der Waals surface area (Å²) < 4.78 is 0. The summed E-state index contributed by atoms with van der Waals surface area (Å²) in [5.74, 6) is 2.97. The minimum Gasteiger partial charge on any atom is -0.359 e.